The quantitative estimate of drug-likeness (QED) is 0.567. The molecule has 0 saturated heterocycles. The van der Waals surface area contributed by atoms with Crippen LogP contribution in [-0.4, -0.2) is 21.2 Å². The molecule has 1 N–H and O–H groups in total. The van der Waals surface area contributed by atoms with Gasteiger partial charge in [0.05, 0.1) is 5.56 Å². The van der Waals surface area contributed by atoms with Gasteiger partial charge in [0.2, 0.25) is 0 Å². The maximum absolute atomic E-state index is 11.3. The zero-order valence-corrected chi connectivity index (χ0v) is 7.97. The van der Waals surface area contributed by atoms with Crippen LogP contribution in [0, 0.1) is 5.21 Å². The lowest BCUT2D eigenvalue weighted by Crippen LogP contribution is -2.32. The van der Waals surface area contributed by atoms with Crippen molar-refractivity contribution in [3.8, 4) is 0 Å². The number of hydrogen-bond donors (Lipinski definition) is 1. The molecule has 0 aliphatic carbocycles. The van der Waals surface area contributed by atoms with Crippen LogP contribution in [0.2, 0.25) is 5.28 Å². The molecular formula is C8H4ClN3O3. The molecule has 0 unspecified atom stereocenters. The molecule has 2 aromatic rings. The second kappa shape index (κ2) is 3.32. The number of hydrogen-bond acceptors (Lipinski definition) is 4. The molecule has 1 aromatic carbocycles. The second-order valence-electron chi connectivity index (χ2n) is 2.76. The summed E-state index contributed by atoms with van der Waals surface area (Å²) in [5, 5.41) is 23.1. The van der Waals surface area contributed by atoms with Gasteiger partial charge in [0.15, 0.2) is 0 Å². The van der Waals surface area contributed by atoms with Crippen LogP contribution in [0.3, 0.4) is 0 Å². The molecule has 0 saturated carbocycles. The third kappa shape index (κ3) is 1.66. The van der Waals surface area contributed by atoms with Gasteiger partial charge in [-0.25, -0.2) is 9.78 Å². The Morgan fingerprint density at radius 2 is 2.27 bits per heavy atom. The number of carboxylic acid groups (broad SMARTS) is 1. The van der Waals surface area contributed by atoms with Crippen molar-refractivity contribution in [1.29, 1.82) is 0 Å². The molecule has 1 heterocycles. The van der Waals surface area contributed by atoms with Gasteiger partial charge in [-0.2, -0.15) is 0 Å². The minimum atomic E-state index is -1.12. The fraction of sp³-hybridized carbons (Fsp3) is 0. The zero-order chi connectivity index (χ0) is 11.0. The summed E-state index contributed by atoms with van der Waals surface area (Å²) in [5.41, 5.74) is 0.368. The SMILES string of the molecule is O=C(O)c1ccc2nc(Cl)n[n+]([O-])c2c1. The van der Waals surface area contributed by atoms with Crippen LogP contribution in [0.1, 0.15) is 10.4 Å². The Balaban J connectivity index is 2.76. The lowest BCUT2D eigenvalue weighted by Gasteiger charge is -1.99. The normalized spacial score (nSPS) is 10.5. The summed E-state index contributed by atoms with van der Waals surface area (Å²) in [5.74, 6) is -1.12. The molecule has 7 heteroatoms. The Labute approximate surface area is 88.3 Å². The van der Waals surface area contributed by atoms with E-state index in [1.807, 2.05) is 0 Å². The Kier molecular flexibility index (Phi) is 2.12. The number of rotatable bonds is 1. The Hall–Kier alpha value is -1.95. The lowest BCUT2D eigenvalue weighted by molar-refractivity contribution is -0.642. The van der Waals surface area contributed by atoms with Gasteiger partial charge in [-0.1, -0.05) is 0 Å². The van der Waals surface area contributed by atoms with E-state index in [0.29, 0.717) is 5.52 Å². The fourth-order valence-corrected chi connectivity index (χ4v) is 1.31. The van der Waals surface area contributed by atoms with E-state index >= 15 is 0 Å². The van der Waals surface area contributed by atoms with Gasteiger partial charge in [-0.05, 0) is 28.6 Å². The van der Waals surface area contributed by atoms with Crippen LogP contribution in [0.4, 0.5) is 0 Å². The van der Waals surface area contributed by atoms with Crippen molar-refractivity contribution in [2.75, 3.05) is 0 Å². The number of fused-ring (bicyclic) bond motifs is 1. The van der Waals surface area contributed by atoms with E-state index in [1.54, 1.807) is 0 Å². The lowest BCUT2D eigenvalue weighted by atomic mass is 10.2. The highest BCUT2D eigenvalue weighted by Crippen LogP contribution is 2.11. The number of aromatic nitrogens is 3. The molecule has 0 fully saturated rings. The molecule has 0 amide bonds. The Morgan fingerprint density at radius 1 is 1.53 bits per heavy atom. The highest BCUT2D eigenvalue weighted by atomic mass is 35.5. The average molecular weight is 226 g/mol. The molecule has 0 aliphatic heterocycles. The molecule has 6 nitrogen and oxygen atoms in total. The molecule has 0 spiro atoms. The van der Waals surface area contributed by atoms with Gasteiger partial charge < -0.3 is 10.3 Å². The maximum Gasteiger partial charge on any atom is 0.335 e. The van der Waals surface area contributed by atoms with Crippen molar-refractivity contribution in [1.82, 2.24) is 10.1 Å². The zero-order valence-electron chi connectivity index (χ0n) is 7.22. The van der Waals surface area contributed by atoms with Gasteiger partial charge in [0, 0.05) is 11.2 Å². The van der Waals surface area contributed by atoms with Crippen LogP contribution in [0.25, 0.3) is 11.0 Å². The number of halogens is 1. The van der Waals surface area contributed by atoms with Crippen molar-refractivity contribution >= 4 is 28.6 Å². The summed E-state index contributed by atoms with van der Waals surface area (Å²) in [6.45, 7) is 0. The summed E-state index contributed by atoms with van der Waals surface area (Å²) in [4.78, 5) is 14.7. The van der Waals surface area contributed by atoms with Gasteiger partial charge in [0.25, 0.3) is 10.8 Å². The maximum atomic E-state index is 11.3. The number of aromatic carboxylic acids is 1. The first-order valence-corrected chi connectivity index (χ1v) is 4.26. The Morgan fingerprint density at radius 3 is 2.93 bits per heavy atom. The molecule has 0 bridgehead atoms. The highest BCUT2D eigenvalue weighted by Gasteiger charge is 2.12. The van der Waals surface area contributed by atoms with Crippen molar-refractivity contribution in [2.24, 2.45) is 0 Å². The highest BCUT2D eigenvalue weighted by molar-refractivity contribution is 6.28. The van der Waals surface area contributed by atoms with Crippen molar-refractivity contribution < 1.29 is 14.7 Å². The minimum Gasteiger partial charge on any atom is -0.594 e. The van der Waals surface area contributed by atoms with Gasteiger partial charge >= 0.3 is 5.97 Å². The van der Waals surface area contributed by atoms with E-state index in [1.165, 1.54) is 18.2 Å². The molecule has 2 rings (SSSR count). The minimum absolute atomic E-state index is 0.00183. The summed E-state index contributed by atoms with van der Waals surface area (Å²) >= 11 is 5.47. The van der Waals surface area contributed by atoms with Gasteiger partial charge in [0.1, 0.15) is 5.52 Å². The average Bonchev–Trinajstić information content (AvgIpc) is 2.16. The predicted molar refractivity (Wildman–Crippen MR) is 50.5 cm³/mol. The molecule has 1 aromatic heterocycles. The van der Waals surface area contributed by atoms with E-state index in [0.717, 1.165) is 0 Å². The van der Waals surface area contributed by atoms with E-state index in [2.05, 4.69) is 10.1 Å². The van der Waals surface area contributed by atoms with E-state index in [4.69, 9.17) is 16.7 Å². The summed E-state index contributed by atoms with van der Waals surface area (Å²) < 4.78 is 0. The van der Waals surface area contributed by atoms with Crippen molar-refractivity contribution in [3.05, 3.63) is 34.3 Å². The van der Waals surface area contributed by atoms with Crippen LogP contribution < -0.4 is 4.85 Å². The first-order chi connectivity index (χ1) is 7.08. The first-order valence-electron chi connectivity index (χ1n) is 3.88. The van der Waals surface area contributed by atoms with Gasteiger partial charge in [-0.3, -0.25) is 0 Å². The monoisotopic (exact) mass is 225 g/mol. The molecular weight excluding hydrogens is 222 g/mol. The van der Waals surface area contributed by atoms with Crippen LogP contribution >= 0.6 is 11.6 Å². The summed E-state index contributed by atoms with van der Waals surface area (Å²) in [7, 11) is 0. The third-order valence-corrected chi connectivity index (χ3v) is 1.97. The first kappa shape index (κ1) is 9.60. The van der Waals surface area contributed by atoms with Gasteiger partial charge in [-0.15, -0.1) is 0 Å². The predicted octanol–water partition coefficient (Wildman–Crippen LogP) is 0.615. The standard InChI is InChI=1S/C8H4ClN3O3/c9-8-10-5-2-1-4(7(13)14)3-6(5)12(15)11-8/h1-3H,(H,13,14). The topological polar surface area (TPSA) is 90.0 Å². The largest absolute Gasteiger partial charge is 0.594 e. The van der Waals surface area contributed by atoms with Crippen LogP contribution in [0.5, 0.6) is 0 Å². The Bertz CT molecular complexity index is 558. The van der Waals surface area contributed by atoms with Crippen LogP contribution in [0.15, 0.2) is 18.2 Å². The van der Waals surface area contributed by atoms with Crippen molar-refractivity contribution in [2.45, 2.75) is 0 Å². The second-order valence-corrected chi connectivity index (χ2v) is 3.10. The molecule has 0 radical (unpaired) electrons. The number of carbonyl (C=O) groups is 1. The molecule has 15 heavy (non-hydrogen) atoms. The van der Waals surface area contributed by atoms with E-state index < -0.39 is 5.97 Å². The fourth-order valence-electron chi connectivity index (χ4n) is 1.15. The number of nitrogens with zero attached hydrogens (tertiary/aromatic N) is 3. The smallest absolute Gasteiger partial charge is 0.335 e. The summed E-state index contributed by atoms with van der Waals surface area (Å²) in [6.07, 6.45) is 0. The molecule has 76 valence electrons. The summed E-state index contributed by atoms with van der Waals surface area (Å²) in [6, 6.07) is 3.94. The van der Waals surface area contributed by atoms with E-state index in [9.17, 15) is 10.0 Å². The number of carboxylic acids is 1. The number of benzene rings is 1. The molecule has 0 atom stereocenters. The van der Waals surface area contributed by atoms with E-state index in [-0.39, 0.29) is 21.2 Å². The third-order valence-electron chi connectivity index (χ3n) is 1.81. The molecule has 0 aliphatic rings. The van der Waals surface area contributed by atoms with Crippen LogP contribution in [-0.2, 0) is 0 Å². The van der Waals surface area contributed by atoms with Crippen molar-refractivity contribution in [3.63, 3.8) is 0 Å².